The lowest BCUT2D eigenvalue weighted by atomic mass is 9.46. The van der Waals surface area contributed by atoms with Crippen LogP contribution in [0.5, 0.6) is 0 Å². The monoisotopic (exact) mass is 401 g/mol. The first-order valence-corrected chi connectivity index (χ1v) is 12.8. The highest BCUT2D eigenvalue weighted by atomic mass is 16.3. The van der Waals surface area contributed by atoms with Crippen LogP contribution in [0, 0.1) is 46.3 Å². The van der Waals surface area contributed by atoms with E-state index in [0.717, 1.165) is 48.9 Å². The zero-order chi connectivity index (χ0) is 21.0. The van der Waals surface area contributed by atoms with E-state index in [1.165, 1.54) is 50.5 Å². The Morgan fingerprint density at radius 1 is 1.03 bits per heavy atom. The van der Waals surface area contributed by atoms with Crippen LogP contribution in [0.15, 0.2) is 11.6 Å². The fourth-order valence-electron chi connectivity index (χ4n) is 8.74. The summed E-state index contributed by atoms with van der Waals surface area (Å²) < 4.78 is 0. The van der Waals surface area contributed by atoms with Crippen molar-refractivity contribution >= 4 is 0 Å². The van der Waals surface area contributed by atoms with E-state index in [-0.39, 0.29) is 12.1 Å². The molecule has 0 saturated heterocycles. The minimum Gasteiger partial charge on any atom is -0.393 e. The molecule has 166 valence electrons. The van der Waals surface area contributed by atoms with Gasteiger partial charge in [0.25, 0.3) is 0 Å². The predicted molar refractivity (Wildman–Crippen MR) is 122 cm³/mol. The van der Waals surface area contributed by atoms with Gasteiger partial charge in [0.15, 0.2) is 0 Å². The Bertz CT molecular complexity index is 626. The maximum Gasteiger partial charge on any atom is 0.0577 e. The molecule has 0 aromatic heterocycles. The summed E-state index contributed by atoms with van der Waals surface area (Å²) in [6.45, 7) is 12.4. The number of hydrogen-bond acceptors (Lipinski definition) is 2. The number of fused-ring (bicyclic) bond motifs is 5. The van der Waals surface area contributed by atoms with Gasteiger partial charge in [0.2, 0.25) is 0 Å². The van der Waals surface area contributed by atoms with Crippen LogP contribution in [-0.2, 0) is 0 Å². The average molecular weight is 402 g/mol. The molecular weight excluding hydrogens is 354 g/mol. The van der Waals surface area contributed by atoms with Gasteiger partial charge in [-0.25, -0.2) is 0 Å². The maximum absolute atomic E-state index is 10.3. The van der Waals surface area contributed by atoms with Gasteiger partial charge in [0, 0.05) is 6.04 Å². The third-order valence-corrected chi connectivity index (χ3v) is 10.4. The van der Waals surface area contributed by atoms with Gasteiger partial charge >= 0.3 is 0 Å². The molecule has 4 aliphatic rings. The molecule has 4 rings (SSSR count). The average Bonchev–Trinajstić information content (AvgIpc) is 3.00. The summed E-state index contributed by atoms with van der Waals surface area (Å²) in [5.41, 5.74) is 9.17. The van der Waals surface area contributed by atoms with Crippen LogP contribution >= 0.6 is 0 Å². The van der Waals surface area contributed by atoms with E-state index < -0.39 is 0 Å². The molecular formula is C27H47NO. The Hall–Kier alpha value is -0.340. The van der Waals surface area contributed by atoms with Crippen LogP contribution in [0.1, 0.15) is 98.8 Å². The standard InChI is InChI=1S/C27H47NO/c1-17(2)7-6-8-18(3)21-9-10-22-25-23(12-14-27(21,22)5)26(4)13-11-20(29)15-19(26)16-24(25)28/h16-18,20-25,29H,6-15,28H2,1-5H3/t18-,20+,21-,22+,23+,24?,25?,26+,27-/m1/s1. The molecule has 0 bridgehead atoms. The van der Waals surface area contributed by atoms with Gasteiger partial charge < -0.3 is 10.8 Å². The molecule has 29 heavy (non-hydrogen) atoms. The van der Waals surface area contributed by atoms with Crippen LogP contribution in [0.2, 0.25) is 0 Å². The Balaban J connectivity index is 1.54. The van der Waals surface area contributed by atoms with E-state index in [9.17, 15) is 5.11 Å². The molecule has 3 fully saturated rings. The van der Waals surface area contributed by atoms with Gasteiger partial charge in [-0.15, -0.1) is 0 Å². The summed E-state index contributed by atoms with van der Waals surface area (Å²) in [7, 11) is 0. The van der Waals surface area contributed by atoms with Crippen molar-refractivity contribution in [2.75, 3.05) is 0 Å². The van der Waals surface area contributed by atoms with E-state index in [4.69, 9.17) is 5.73 Å². The number of aliphatic hydroxyl groups excluding tert-OH is 1. The second-order valence-corrected chi connectivity index (χ2v) is 12.4. The molecule has 0 heterocycles. The minimum atomic E-state index is -0.144. The molecule has 2 heteroatoms. The first-order valence-electron chi connectivity index (χ1n) is 12.8. The molecule has 3 N–H and O–H groups in total. The van der Waals surface area contributed by atoms with Crippen LogP contribution in [0.4, 0.5) is 0 Å². The highest BCUT2D eigenvalue weighted by Crippen LogP contribution is 2.67. The Labute approximate surface area is 180 Å². The van der Waals surface area contributed by atoms with Gasteiger partial charge in [-0.1, -0.05) is 65.5 Å². The molecule has 2 unspecified atom stereocenters. The number of rotatable bonds is 5. The summed E-state index contributed by atoms with van der Waals surface area (Å²) in [6.07, 6.45) is 15.0. The number of aliphatic hydroxyl groups is 1. The van der Waals surface area contributed by atoms with Crippen LogP contribution < -0.4 is 5.73 Å². The molecule has 3 saturated carbocycles. The zero-order valence-corrected chi connectivity index (χ0v) is 19.8. The smallest absolute Gasteiger partial charge is 0.0577 e. The van der Waals surface area contributed by atoms with E-state index >= 15 is 0 Å². The summed E-state index contributed by atoms with van der Waals surface area (Å²) in [5.74, 6) is 4.77. The molecule has 0 spiro atoms. The first kappa shape index (κ1) is 21.9. The van der Waals surface area contributed by atoms with Gasteiger partial charge in [-0.3, -0.25) is 0 Å². The Kier molecular flexibility index (Phi) is 6.01. The second kappa shape index (κ2) is 7.97. The SMILES string of the molecule is CC(C)CCC[C@@H](C)[C@H]1CC[C@H]2C3C(N)C=C4C[C@@H](O)CC[C@]4(C)[C@H]3CC[C@]12C. The fourth-order valence-corrected chi connectivity index (χ4v) is 8.74. The molecule has 0 aromatic carbocycles. The van der Waals surface area contributed by atoms with Crippen molar-refractivity contribution in [2.24, 2.45) is 52.1 Å². The molecule has 2 nitrogen and oxygen atoms in total. The molecule has 0 aliphatic heterocycles. The Morgan fingerprint density at radius 2 is 1.79 bits per heavy atom. The van der Waals surface area contributed by atoms with Crippen molar-refractivity contribution in [3.8, 4) is 0 Å². The van der Waals surface area contributed by atoms with Crippen molar-refractivity contribution in [2.45, 2.75) is 111 Å². The molecule has 0 radical (unpaired) electrons. The number of nitrogens with two attached hydrogens (primary N) is 1. The van der Waals surface area contributed by atoms with Crippen molar-refractivity contribution < 1.29 is 5.11 Å². The maximum atomic E-state index is 10.3. The summed E-state index contributed by atoms with van der Waals surface area (Å²) in [5, 5.41) is 10.3. The third-order valence-electron chi connectivity index (χ3n) is 10.4. The van der Waals surface area contributed by atoms with Crippen molar-refractivity contribution in [1.29, 1.82) is 0 Å². The third kappa shape index (κ3) is 3.65. The zero-order valence-electron chi connectivity index (χ0n) is 19.8. The normalized spacial score (nSPS) is 47.9. The molecule has 0 amide bonds. The lowest BCUT2D eigenvalue weighted by molar-refractivity contribution is -0.0632. The summed E-state index contributed by atoms with van der Waals surface area (Å²) in [4.78, 5) is 0. The molecule has 9 atom stereocenters. The predicted octanol–water partition coefficient (Wildman–Crippen LogP) is 6.33. The van der Waals surface area contributed by atoms with E-state index in [1.807, 2.05) is 0 Å². The van der Waals surface area contributed by atoms with Gasteiger partial charge in [0.1, 0.15) is 0 Å². The van der Waals surface area contributed by atoms with Crippen LogP contribution in [0.3, 0.4) is 0 Å². The van der Waals surface area contributed by atoms with E-state index in [2.05, 4.69) is 40.7 Å². The van der Waals surface area contributed by atoms with Gasteiger partial charge in [-0.05, 0) is 91.3 Å². The highest BCUT2D eigenvalue weighted by molar-refractivity contribution is 5.28. The van der Waals surface area contributed by atoms with Crippen molar-refractivity contribution in [3.05, 3.63) is 11.6 Å². The van der Waals surface area contributed by atoms with E-state index in [0.29, 0.717) is 16.7 Å². The molecule has 4 aliphatic carbocycles. The quantitative estimate of drug-likeness (QED) is 0.529. The Morgan fingerprint density at radius 3 is 2.52 bits per heavy atom. The summed E-state index contributed by atoms with van der Waals surface area (Å²) >= 11 is 0. The topological polar surface area (TPSA) is 46.2 Å². The first-order chi connectivity index (χ1) is 13.7. The minimum absolute atomic E-state index is 0.144. The highest BCUT2D eigenvalue weighted by Gasteiger charge is 2.60. The van der Waals surface area contributed by atoms with Gasteiger partial charge in [-0.2, -0.15) is 0 Å². The largest absolute Gasteiger partial charge is 0.393 e. The summed E-state index contributed by atoms with van der Waals surface area (Å²) in [6, 6.07) is 0.202. The van der Waals surface area contributed by atoms with Crippen LogP contribution in [-0.4, -0.2) is 17.3 Å². The lowest BCUT2D eigenvalue weighted by Gasteiger charge is -2.60. The second-order valence-electron chi connectivity index (χ2n) is 12.4. The van der Waals surface area contributed by atoms with Crippen molar-refractivity contribution in [3.63, 3.8) is 0 Å². The lowest BCUT2D eigenvalue weighted by Crippen LogP contribution is -2.56. The molecule has 0 aromatic rings. The van der Waals surface area contributed by atoms with Gasteiger partial charge in [0.05, 0.1) is 6.10 Å². The van der Waals surface area contributed by atoms with E-state index in [1.54, 1.807) is 0 Å². The van der Waals surface area contributed by atoms with Crippen LogP contribution in [0.25, 0.3) is 0 Å². The fraction of sp³-hybridized carbons (Fsp3) is 0.926. The number of hydrogen-bond donors (Lipinski definition) is 2. The van der Waals surface area contributed by atoms with Crippen molar-refractivity contribution in [1.82, 2.24) is 0 Å².